The highest BCUT2D eigenvalue weighted by Gasteiger charge is 2.44. The summed E-state index contributed by atoms with van der Waals surface area (Å²) < 4.78 is 0.977. The van der Waals surface area contributed by atoms with E-state index in [1.807, 2.05) is 17.0 Å². The highest BCUT2D eigenvalue weighted by atomic mass is 127. The van der Waals surface area contributed by atoms with E-state index in [4.69, 9.17) is 11.6 Å². The van der Waals surface area contributed by atoms with Crippen LogP contribution in [-0.2, 0) is 0 Å². The van der Waals surface area contributed by atoms with Gasteiger partial charge in [0.25, 0.3) is 5.91 Å². The van der Waals surface area contributed by atoms with Gasteiger partial charge in [-0.3, -0.25) is 4.79 Å². The molecule has 1 aromatic rings. The van der Waals surface area contributed by atoms with E-state index in [1.54, 1.807) is 6.07 Å². The van der Waals surface area contributed by atoms with Crippen LogP contribution >= 0.6 is 34.2 Å². The van der Waals surface area contributed by atoms with Crippen LogP contribution < -0.4 is 5.32 Å². The minimum Gasteiger partial charge on any atom is -0.331 e. The van der Waals surface area contributed by atoms with Crippen molar-refractivity contribution < 1.29 is 4.79 Å². The van der Waals surface area contributed by atoms with Gasteiger partial charge in [0.15, 0.2) is 0 Å². The topological polar surface area (TPSA) is 32.3 Å². The zero-order chi connectivity index (χ0) is 13.6. The van der Waals surface area contributed by atoms with Crippen LogP contribution in [0.15, 0.2) is 18.2 Å². The summed E-state index contributed by atoms with van der Waals surface area (Å²) in [6, 6.07) is 6.23. The van der Waals surface area contributed by atoms with Gasteiger partial charge in [-0.15, -0.1) is 0 Å². The molecule has 0 bridgehead atoms. The summed E-state index contributed by atoms with van der Waals surface area (Å²) in [6.07, 6.45) is 1.10. The first-order chi connectivity index (χ1) is 9.08. The number of likely N-dealkylation sites (tertiary alicyclic amines) is 1. The third kappa shape index (κ3) is 2.38. The molecule has 2 fully saturated rings. The Kier molecular flexibility index (Phi) is 3.75. The number of nitrogens with zero attached hydrogens (tertiary/aromatic N) is 1. The van der Waals surface area contributed by atoms with Crippen LogP contribution in [0.2, 0.25) is 5.02 Å². The Morgan fingerprint density at radius 3 is 3.00 bits per heavy atom. The Morgan fingerprint density at radius 1 is 1.47 bits per heavy atom. The van der Waals surface area contributed by atoms with Crippen molar-refractivity contribution in [1.82, 2.24) is 10.2 Å². The van der Waals surface area contributed by atoms with E-state index < -0.39 is 0 Å². The molecule has 1 aromatic carbocycles. The molecule has 19 heavy (non-hydrogen) atoms. The Bertz CT molecular complexity index is 522. The monoisotopic (exact) mass is 390 g/mol. The maximum atomic E-state index is 12.7. The first kappa shape index (κ1) is 13.6. The smallest absolute Gasteiger partial charge is 0.254 e. The van der Waals surface area contributed by atoms with Crippen molar-refractivity contribution in [1.29, 1.82) is 0 Å². The van der Waals surface area contributed by atoms with Gasteiger partial charge in [-0.05, 0) is 60.1 Å². The molecule has 0 radical (unpaired) electrons. The maximum absolute atomic E-state index is 12.7. The van der Waals surface area contributed by atoms with E-state index in [9.17, 15) is 4.79 Å². The molecule has 1 N–H and O–H groups in total. The largest absolute Gasteiger partial charge is 0.331 e. The number of hydrogen-bond donors (Lipinski definition) is 1. The average molecular weight is 391 g/mol. The first-order valence-electron chi connectivity index (χ1n) is 6.56. The van der Waals surface area contributed by atoms with Gasteiger partial charge in [-0.1, -0.05) is 11.6 Å². The van der Waals surface area contributed by atoms with Crippen molar-refractivity contribution in [2.75, 3.05) is 13.1 Å². The number of amides is 1. The molecule has 3 unspecified atom stereocenters. The van der Waals surface area contributed by atoms with Crippen LogP contribution in [0, 0.1) is 9.49 Å². The Labute approximate surface area is 131 Å². The summed E-state index contributed by atoms with van der Waals surface area (Å²) in [5.74, 6) is 0.722. The van der Waals surface area contributed by atoms with Gasteiger partial charge >= 0.3 is 0 Å². The van der Waals surface area contributed by atoms with Gasteiger partial charge in [0.1, 0.15) is 0 Å². The van der Waals surface area contributed by atoms with Crippen molar-refractivity contribution in [2.24, 2.45) is 5.92 Å². The molecule has 102 valence electrons. The van der Waals surface area contributed by atoms with Crippen LogP contribution in [0.25, 0.3) is 0 Å². The predicted molar refractivity (Wildman–Crippen MR) is 84.6 cm³/mol. The van der Waals surface area contributed by atoms with Crippen LogP contribution in [0.3, 0.4) is 0 Å². The molecule has 2 aliphatic rings. The number of rotatable bonds is 1. The predicted octanol–water partition coefficient (Wildman–Crippen LogP) is 2.77. The van der Waals surface area contributed by atoms with Crippen molar-refractivity contribution in [3.8, 4) is 0 Å². The summed E-state index contributed by atoms with van der Waals surface area (Å²) in [5, 5.41) is 4.03. The molecule has 3 rings (SSSR count). The fraction of sp³-hybridized carbons (Fsp3) is 0.500. The van der Waals surface area contributed by atoms with Crippen molar-refractivity contribution >= 4 is 40.1 Å². The van der Waals surface area contributed by atoms with Crippen LogP contribution in [-0.4, -0.2) is 36.0 Å². The number of hydrogen-bond acceptors (Lipinski definition) is 2. The number of carbonyl (C=O) groups is 1. The lowest BCUT2D eigenvalue weighted by atomic mass is 10.0. The van der Waals surface area contributed by atoms with E-state index >= 15 is 0 Å². The summed E-state index contributed by atoms with van der Waals surface area (Å²) >= 11 is 8.30. The Morgan fingerprint density at radius 2 is 2.26 bits per heavy atom. The fourth-order valence-corrected chi connectivity index (χ4v) is 3.81. The molecule has 2 saturated heterocycles. The van der Waals surface area contributed by atoms with Gasteiger partial charge in [0.05, 0.1) is 5.02 Å². The van der Waals surface area contributed by atoms with Gasteiger partial charge in [0, 0.05) is 34.3 Å². The molecule has 5 heteroatoms. The Hall–Kier alpha value is -0.330. The standard InChI is InChI=1S/C14H16ClIN2O/c1-8-4-10-6-17-7-13(10)18(8)14(19)9-2-3-12(16)11(15)5-9/h2-3,5,8,10,13,17H,4,6-7H2,1H3. The number of halogens is 2. The SMILES string of the molecule is CC1CC2CNCC2N1C(=O)c1ccc(I)c(Cl)c1. The molecule has 1 amide bonds. The molecule has 0 spiro atoms. The third-order valence-electron chi connectivity index (χ3n) is 4.18. The van der Waals surface area contributed by atoms with Gasteiger partial charge < -0.3 is 10.2 Å². The molecule has 2 aliphatic heterocycles. The maximum Gasteiger partial charge on any atom is 0.254 e. The highest BCUT2D eigenvalue weighted by Crippen LogP contribution is 2.33. The van der Waals surface area contributed by atoms with E-state index in [0.717, 1.165) is 23.1 Å². The quantitative estimate of drug-likeness (QED) is 0.748. The number of fused-ring (bicyclic) bond motifs is 1. The normalized spacial score (nSPS) is 29.6. The van der Waals surface area contributed by atoms with Crippen LogP contribution in [0.5, 0.6) is 0 Å². The second kappa shape index (κ2) is 5.22. The summed E-state index contributed by atoms with van der Waals surface area (Å²) in [7, 11) is 0. The summed E-state index contributed by atoms with van der Waals surface area (Å²) in [4.78, 5) is 14.7. The highest BCUT2D eigenvalue weighted by molar-refractivity contribution is 14.1. The average Bonchev–Trinajstić information content (AvgIpc) is 2.91. The lowest BCUT2D eigenvalue weighted by Crippen LogP contribution is -2.42. The number of benzene rings is 1. The third-order valence-corrected chi connectivity index (χ3v) is 5.75. The molecule has 3 nitrogen and oxygen atoms in total. The van der Waals surface area contributed by atoms with E-state index in [0.29, 0.717) is 28.6 Å². The minimum atomic E-state index is 0.113. The van der Waals surface area contributed by atoms with Crippen molar-refractivity contribution in [3.63, 3.8) is 0 Å². The first-order valence-corrected chi connectivity index (χ1v) is 8.02. The Balaban J connectivity index is 1.88. The van der Waals surface area contributed by atoms with Crippen molar-refractivity contribution in [2.45, 2.75) is 25.4 Å². The molecule has 0 aromatic heterocycles. The van der Waals surface area contributed by atoms with Gasteiger partial charge in [0.2, 0.25) is 0 Å². The second-order valence-corrected chi connectivity index (χ2v) is 6.98. The molecular formula is C14H16ClIN2O. The van der Waals surface area contributed by atoms with Gasteiger partial charge in [-0.2, -0.15) is 0 Å². The molecule has 2 heterocycles. The second-order valence-electron chi connectivity index (χ2n) is 5.41. The number of carbonyl (C=O) groups excluding carboxylic acids is 1. The van der Waals surface area contributed by atoms with E-state index in [2.05, 4.69) is 34.8 Å². The van der Waals surface area contributed by atoms with Crippen LogP contribution in [0.1, 0.15) is 23.7 Å². The summed E-state index contributed by atoms with van der Waals surface area (Å²) in [5.41, 5.74) is 0.699. The van der Waals surface area contributed by atoms with E-state index in [-0.39, 0.29) is 5.91 Å². The molecular weight excluding hydrogens is 375 g/mol. The van der Waals surface area contributed by atoms with Crippen molar-refractivity contribution in [3.05, 3.63) is 32.4 Å². The zero-order valence-electron chi connectivity index (χ0n) is 10.7. The lowest BCUT2D eigenvalue weighted by molar-refractivity contribution is 0.0682. The van der Waals surface area contributed by atoms with E-state index in [1.165, 1.54) is 0 Å². The number of nitrogens with one attached hydrogen (secondary N) is 1. The molecule has 3 atom stereocenters. The van der Waals surface area contributed by atoms with Gasteiger partial charge in [-0.25, -0.2) is 0 Å². The zero-order valence-corrected chi connectivity index (χ0v) is 13.6. The summed E-state index contributed by atoms with van der Waals surface area (Å²) in [6.45, 7) is 4.09. The van der Waals surface area contributed by atoms with Crippen LogP contribution in [0.4, 0.5) is 0 Å². The molecule has 0 saturated carbocycles. The fourth-order valence-electron chi connectivity index (χ4n) is 3.29. The lowest BCUT2D eigenvalue weighted by Gasteiger charge is -2.27. The minimum absolute atomic E-state index is 0.113. The molecule has 0 aliphatic carbocycles.